The Morgan fingerprint density at radius 3 is 2.81 bits per heavy atom. The van der Waals surface area contributed by atoms with E-state index in [2.05, 4.69) is 34.1 Å². The number of pyridine rings is 1. The summed E-state index contributed by atoms with van der Waals surface area (Å²) in [6.45, 7) is 6.02. The molecule has 0 amide bonds. The second kappa shape index (κ2) is 6.91. The molecule has 1 fully saturated rings. The highest BCUT2D eigenvalue weighted by Crippen LogP contribution is 2.40. The van der Waals surface area contributed by atoms with Gasteiger partial charge in [0, 0.05) is 34.5 Å². The molecule has 0 bridgehead atoms. The molecule has 27 heavy (non-hydrogen) atoms. The van der Waals surface area contributed by atoms with Gasteiger partial charge in [0.2, 0.25) is 0 Å². The van der Waals surface area contributed by atoms with E-state index >= 15 is 0 Å². The molecule has 0 spiro atoms. The van der Waals surface area contributed by atoms with Crippen LogP contribution in [0.4, 0.5) is 13.2 Å². The fraction of sp³-hybridized carbons (Fsp3) is 0.474. The summed E-state index contributed by atoms with van der Waals surface area (Å²) in [7, 11) is 0. The number of aryl methyl sites for hydroxylation is 2. The minimum atomic E-state index is -4.46. The predicted molar refractivity (Wildman–Crippen MR) is 97.9 cm³/mol. The fourth-order valence-electron chi connectivity index (χ4n) is 3.81. The van der Waals surface area contributed by atoms with Crippen LogP contribution in [-0.4, -0.2) is 28.1 Å². The highest BCUT2D eigenvalue weighted by Gasteiger charge is 2.37. The Balaban J connectivity index is 1.65. The maximum absolute atomic E-state index is 13.6. The van der Waals surface area contributed by atoms with Crippen LogP contribution in [0.5, 0.6) is 0 Å². The van der Waals surface area contributed by atoms with Crippen molar-refractivity contribution in [1.82, 2.24) is 15.0 Å². The number of hydrogen-bond acceptors (Lipinski definition) is 5. The zero-order valence-electron chi connectivity index (χ0n) is 15.1. The second-order valence-corrected chi connectivity index (χ2v) is 8.52. The molecule has 4 heterocycles. The van der Waals surface area contributed by atoms with Crippen molar-refractivity contribution >= 4 is 22.4 Å². The molecule has 8 heteroatoms. The molecule has 0 radical (unpaired) electrons. The van der Waals surface area contributed by atoms with Crippen LogP contribution in [-0.2, 0) is 12.7 Å². The average molecular weight is 395 g/mol. The normalized spacial score (nSPS) is 19.1. The summed E-state index contributed by atoms with van der Waals surface area (Å²) < 4.78 is 45.9. The lowest BCUT2D eigenvalue weighted by atomic mass is 9.91. The van der Waals surface area contributed by atoms with Crippen molar-refractivity contribution in [3.8, 4) is 0 Å². The molecule has 4 rings (SSSR count). The smallest absolute Gasteiger partial charge is 0.336 e. The van der Waals surface area contributed by atoms with Crippen LogP contribution < -0.4 is 0 Å². The lowest BCUT2D eigenvalue weighted by molar-refractivity contribution is -0.136. The zero-order chi connectivity index (χ0) is 19.2. The maximum atomic E-state index is 13.6. The molecule has 0 aliphatic carbocycles. The Kier molecular flexibility index (Phi) is 4.71. The van der Waals surface area contributed by atoms with Crippen molar-refractivity contribution in [1.29, 1.82) is 0 Å². The summed E-state index contributed by atoms with van der Waals surface area (Å²) >= 11 is 1.76. The molecule has 1 aliphatic rings. The standard InChI is InChI=1S/C19H20F3N3OS/c1-11-8-15(19(20,21)22)16-17(24-26-18(16)23-11)13-4-3-7-25(9-13)10-14-6-5-12(2)27-14/h5-6,8,13H,3-4,7,9-10H2,1-2H3/t13-/m1/s1. The van der Waals surface area contributed by atoms with Crippen LogP contribution in [0, 0.1) is 13.8 Å². The third kappa shape index (κ3) is 3.73. The molecule has 144 valence electrons. The van der Waals surface area contributed by atoms with Crippen LogP contribution in [0.2, 0.25) is 0 Å². The number of hydrogen-bond donors (Lipinski definition) is 0. The summed E-state index contributed by atoms with van der Waals surface area (Å²) in [5, 5.41) is 4.04. The molecular formula is C19H20F3N3OS. The number of rotatable bonds is 3. The molecule has 0 N–H and O–H groups in total. The van der Waals surface area contributed by atoms with Gasteiger partial charge in [-0.15, -0.1) is 11.3 Å². The molecule has 4 nitrogen and oxygen atoms in total. The van der Waals surface area contributed by atoms with Crippen LogP contribution >= 0.6 is 11.3 Å². The molecule has 3 aromatic heterocycles. The number of piperidine rings is 1. The maximum Gasteiger partial charge on any atom is 0.417 e. The van der Waals surface area contributed by atoms with Crippen molar-refractivity contribution in [3.05, 3.63) is 44.9 Å². The molecule has 3 aromatic rings. The van der Waals surface area contributed by atoms with E-state index in [0.29, 0.717) is 12.2 Å². The Labute approximate surface area is 159 Å². The Hall–Kier alpha value is -1.93. The van der Waals surface area contributed by atoms with Crippen LogP contribution in [0.15, 0.2) is 22.7 Å². The van der Waals surface area contributed by atoms with E-state index in [1.54, 1.807) is 11.3 Å². The molecule has 0 unspecified atom stereocenters. The van der Waals surface area contributed by atoms with Gasteiger partial charge in [-0.05, 0) is 51.4 Å². The van der Waals surface area contributed by atoms with Crippen molar-refractivity contribution in [2.45, 2.75) is 45.3 Å². The van der Waals surface area contributed by atoms with Gasteiger partial charge in [-0.2, -0.15) is 13.2 Å². The van der Waals surface area contributed by atoms with Gasteiger partial charge < -0.3 is 4.52 Å². The number of aromatic nitrogens is 2. The van der Waals surface area contributed by atoms with Gasteiger partial charge in [0.25, 0.3) is 5.71 Å². The van der Waals surface area contributed by atoms with Gasteiger partial charge in [0.15, 0.2) is 0 Å². The summed E-state index contributed by atoms with van der Waals surface area (Å²) in [5.74, 6) is -0.0911. The van der Waals surface area contributed by atoms with E-state index in [1.807, 2.05) is 0 Å². The average Bonchev–Trinajstić information content (AvgIpc) is 3.19. The topological polar surface area (TPSA) is 42.2 Å². The van der Waals surface area contributed by atoms with Crippen molar-refractivity contribution in [2.24, 2.45) is 0 Å². The van der Waals surface area contributed by atoms with E-state index < -0.39 is 11.7 Å². The lowest BCUT2D eigenvalue weighted by Crippen LogP contribution is -2.33. The minimum absolute atomic E-state index is 0.0203. The number of halogens is 3. The molecule has 1 saturated heterocycles. The summed E-state index contributed by atoms with van der Waals surface area (Å²) in [6.07, 6.45) is -2.74. The summed E-state index contributed by atoms with van der Waals surface area (Å²) in [5.41, 5.74) is -0.0664. The molecule has 1 atom stereocenters. The number of nitrogens with zero attached hydrogens (tertiary/aromatic N) is 3. The second-order valence-electron chi connectivity index (χ2n) is 7.14. The minimum Gasteiger partial charge on any atom is -0.336 e. The van der Waals surface area contributed by atoms with Gasteiger partial charge in [0.05, 0.1) is 16.6 Å². The molecule has 1 aliphatic heterocycles. The van der Waals surface area contributed by atoms with Crippen molar-refractivity contribution < 1.29 is 17.7 Å². The predicted octanol–water partition coefficient (Wildman–Crippen LogP) is 5.30. The number of fused-ring (bicyclic) bond motifs is 1. The van der Waals surface area contributed by atoms with Crippen LogP contribution in [0.1, 0.15) is 45.5 Å². The van der Waals surface area contributed by atoms with Crippen LogP contribution in [0.3, 0.4) is 0 Å². The quantitative estimate of drug-likeness (QED) is 0.604. The Bertz CT molecular complexity index is 963. The first-order valence-corrected chi connectivity index (χ1v) is 9.74. The van der Waals surface area contributed by atoms with Gasteiger partial charge in [-0.25, -0.2) is 4.98 Å². The highest BCUT2D eigenvalue weighted by atomic mass is 32.1. The largest absolute Gasteiger partial charge is 0.417 e. The SMILES string of the molecule is Cc1cc(C(F)(F)F)c2c([C@@H]3CCCN(Cc4ccc(C)s4)C3)noc2n1. The number of thiophene rings is 1. The van der Waals surface area contributed by atoms with Crippen molar-refractivity contribution in [2.75, 3.05) is 13.1 Å². The number of likely N-dealkylation sites (tertiary alicyclic amines) is 1. The molecule has 0 aromatic carbocycles. The van der Waals surface area contributed by atoms with Gasteiger partial charge in [-0.1, -0.05) is 5.16 Å². The fourth-order valence-corrected chi connectivity index (χ4v) is 4.74. The zero-order valence-corrected chi connectivity index (χ0v) is 16.0. The van der Waals surface area contributed by atoms with Crippen molar-refractivity contribution in [3.63, 3.8) is 0 Å². The molecular weight excluding hydrogens is 375 g/mol. The highest BCUT2D eigenvalue weighted by molar-refractivity contribution is 7.11. The van der Waals surface area contributed by atoms with Gasteiger partial charge in [-0.3, -0.25) is 4.90 Å². The van der Waals surface area contributed by atoms with E-state index in [1.165, 1.54) is 16.7 Å². The Morgan fingerprint density at radius 2 is 2.11 bits per heavy atom. The van der Waals surface area contributed by atoms with E-state index in [4.69, 9.17) is 4.52 Å². The first-order valence-electron chi connectivity index (χ1n) is 8.93. The summed E-state index contributed by atoms with van der Waals surface area (Å²) in [4.78, 5) is 8.93. The Morgan fingerprint density at radius 1 is 1.30 bits per heavy atom. The third-order valence-electron chi connectivity index (χ3n) is 4.97. The number of alkyl halides is 3. The third-order valence-corrected chi connectivity index (χ3v) is 5.96. The van der Waals surface area contributed by atoms with Gasteiger partial charge >= 0.3 is 6.18 Å². The lowest BCUT2D eigenvalue weighted by Gasteiger charge is -2.31. The first-order chi connectivity index (χ1) is 12.8. The van der Waals surface area contributed by atoms with E-state index in [0.717, 1.165) is 32.0 Å². The molecule has 0 saturated carbocycles. The summed E-state index contributed by atoms with van der Waals surface area (Å²) in [6, 6.07) is 5.29. The monoisotopic (exact) mass is 395 g/mol. The first kappa shape index (κ1) is 18.4. The van der Waals surface area contributed by atoms with Crippen LogP contribution in [0.25, 0.3) is 11.1 Å². The van der Waals surface area contributed by atoms with Gasteiger partial charge in [0.1, 0.15) is 0 Å². The van der Waals surface area contributed by atoms with E-state index in [9.17, 15) is 13.2 Å². The van der Waals surface area contributed by atoms with E-state index in [-0.39, 0.29) is 22.7 Å².